The Kier molecular flexibility index (Phi) is 5.65. The van der Waals surface area contributed by atoms with Crippen LogP contribution in [0.5, 0.6) is 0 Å². The molecule has 1 fully saturated rings. The number of carbonyl (C=O) groups excluding carboxylic acids is 1. The third-order valence-corrected chi connectivity index (χ3v) is 2.92. The summed E-state index contributed by atoms with van der Waals surface area (Å²) >= 11 is 0. The maximum absolute atomic E-state index is 10.8. The summed E-state index contributed by atoms with van der Waals surface area (Å²) in [5.41, 5.74) is 0. The van der Waals surface area contributed by atoms with E-state index in [1.165, 1.54) is 7.11 Å². The Bertz CT molecular complexity index is 188. The first kappa shape index (κ1) is 12.5. The van der Waals surface area contributed by atoms with Crippen molar-refractivity contribution in [3.05, 3.63) is 0 Å². The highest BCUT2D eigenvalue weighted by molar-refractivity contribution is 5.69. The van der Waals surface area contributed by atoms with Gasteiger partial charge in [0.2, 0.25) is 0 Å². The lowest BCUT2D eigenvalue weighted by Crippen LogP contribution is -2.35. The fourth-order valence-corrected chi connectivity index (χ4v) is 1.92. The van der Waals surface area contributed by atoms with E-state index in [9.17, 15) is 9.90 Å². The van der Waals surface area contributed by atoms with E-state index >= 15 is 0 Å². The monoisotopic (exact) mass is 215 g/mol. The number of hydrogen-bond donors (Lipinski definition) is 2. The smallest absolute Gasteiger partial charge is 0.305 e. The van der Waals surface area contributed by atoms with Crippen LogP contribution in [0.2, 0.25) is 0 Å². The van der Waals surface area contributed by atoms with Crippen LogP contribution in [-0.4, -0.2) is 36.9 Å². The molecule has 4 nitrogen and oxygen atoms in total. The van der Waals surface area contributed by atoms with E-state index in [0.717, 1.165) is 38.6 Å². The summed E-state index contributed by atoms with van der Waals surface area (Å²) in [7, 11) is 1.41. The Hall–Kier alpha value is -0.610. The summed E-state index contributed by atoms with van der Waals surface area (Å²) in [4.78, 5) is 10.8. The molecule has 0 heterocycles. The number of carbonyl (C=O) groups is 1. The predicted octanol–water partition coefficient (Wildman–Crippen LogP) is 0.833. The van der Waals surface area contributed by atoms with Crippen molar-refractivity contribution < 1.29 is 14.6 Å². The molecule has 0 saturated heterocycles. The lowest BCUT2D eigenvalue weighted by molar-refractivity contribution is -0.140. The Morgan fingerprint density at radius 1 is 1.40 bits per heavy atom. The van der Waals surface area contributed by atoms with Crippen LogP contribution in [0.25, 0.3) is 0 Å². The zero-order valence-corrected chi connectivity index (χ0v) is 9.37. The number of aliphatic hydroxyl groups excluding tert-OH is 1. The van der Waals surface area contributed by atoms with E-state index in [0.29, 0.717) is 12.5 Å². The SMILES string of the molecule is COC(=O)CCCNC1CCC(O)CC1. The first-order chi connectivity index (χ1) is 7.22. The third-order valence-electron chi connectivity index (χ3n) is 2.92. The highest BCUT2D eigenvalue weighted by Crippen LogP contribution is 2.18. The molecule has 0 spiro atoms. The molecule has 0 atom stereocenters. The molecule has 4 heteroatoms. The minimum atomic E-state index is -0.143. The molecule has 1 rings (SSSR count). The van der Waals surface area contributed by atoms with Crippen LogP contribution in [0.1, 0.15) is 38.5 Å². The van der Waals surface area contributed by atoms with Gasteiger partial charge in [0.25, 0.3) is 0 Å². The number of ether oxygens (including phenoxy) is 1. The number of nitrogens with one attached hydrogen (secondary N) is 1. The number of esters is 1. The second-order valence-electron chi connectivity index (χ2n) is 4.14. The summed E-state index contributed by atoms with van der Waals surface area (Å²) in [6.45, 7) is 0.857. The van der Waals surface area contributed by atoms with E-state index in [2.05, 4.69) is 10.1 Å². The van der Waals surface area contributed by atoms with Gasteiger partial charge in [-0.25, -0.2) is 0 Å². The normalized spacial score (nSPS) is 26.3. The van der Waals surface area contributed by atoms with Gasteiger partial charge in [0.05, 0.1) is 13.2 Å². The van der Waals surface area contributed by atoms with Gasteiger partial charge in [0.1, 0.15) is 0 Å². The maximum atomic E-state index is 10.8. The molecular formula is C11H21NO3. The topological polar surface area (TPSA) is 58.6 Å². The summed E-state index contributed by atoms with van der Waals surface area (Å²) in [6.07, 6.45) is 5.09. The van der Waals surface area contributed by atoms with Crippen LogP contribution in [0.4, 0.5) is 0 Å². The van der Waals surface area contributed by atoms with Crippen molar-refractivity contribution in [2.75, 3.05) is 13.7 Å². The Morgan fingerprint density at radius 3 is 2.67 bits per heavy atom. The first-order valence-corrected chi connectivity index (χ1v) is 5.70. The van der Waals surface area contributed by atoms with Gasteiger partial charge in [-0.3, -0.25) is 4.79 Å². The molecule has 0 aliphatic heterocycles. The molecule has 0 unspecified atom stereocenters. The van der Waals surface area contributed by atoms with Crippen LogP contribution >= 0.6 is 0 Å². The fourth-order valence-electron chi connectivity index (χ4n) is 1.92. The highest BCUT2D eigenvalue weighted by atomic mass is 16.5. The summed E-state index contributed by atoms with van der Waals surface area (Å²) in [6, 6.07) is 0.519. The zero-order chi connectivity index (χ0) is 11.1. The van der Waals surface area contributed by atoms with Gasteiger partial charge in [0.15, 0.2) is 0 Å². The number of methoxy groups -OCH3 is 1. The maximum Gasteiger partial charge on any atom is 0.305 e. The van der Waals surface area contributed by atoms with Crippen molar-refractivity contribution in [2.45, 2.75) is 50.7 Å². The van der Waals surface area contributed by atoms with Gasteiger partial charge in [-0.15, -0.1) is 0 Å². The lowest BCUT2D eigenvalue weighted by atomic mass is 9.93. The molecular weight excluding hydrogens is 194 g/mol. The standard InChI is InChI=1S/C11H21NO3/c1-15-11(14)3-2-8-12-9-4-6-10(13)7-5-9/h9-10,12-13H,2-8H2,1H3. The van der Waals surface area contributed by atoms with Crippen molar-refractivity contribution >= 4 is 5.97 Å². The van der Waals surface area contributed by atoms with Gasteiger partial charge in [0, 0.05) is 12.5 Å². The average Bonchev–Trinajstić information content (AvgIpc) is 2.26. The van der Waals surface area contributed by atoms with Gasteiger partial charge in [-0.05, 0) is 38.6 Å². The second kappa shape index (κ2) is 6.80. The van der Waals surface area contributed by atoms with Gasteiger partial charge in [-0.2, -0.15) is 0 Å². The van der Waals surface area contributed by atoms with E-state index < -0.39 is 0 Å². The van der Waals surface area contributed by atoms with Gasteiger partial charge < -0.3 is 15.2 Å². The largest absolute Gasteiger partial charge is 0.469 e. The molecule has 0 bridgehead atoms. The highest BCUT2D eigenvalue weighted by Gasteiger charge is 2.18. The molecule has 0 amide bonds. The van der Waals surface area contributed by atoms with Crippen molar-refractivity contribution in [2.24, 2.45) is 0 Å². The van der Waals surface area contributed by atoms with Crippen molar-refractivity contribution in [1.82, 2.24) is 5.32 Å². The zero-order valence-electron chi connectivity index (χ0n) is 9.37. The molecule has 1 aliphatic rings. The number of rotatable bonds is 5. The van der Waals surface area contributed by atoms with E-state index in [1.54, 1.807) is 0 Å². The fraction of sp³-hybridized carbons (Fsp3) is 0.909. The summed E-state index contributed by atoms with van der Waals surface area (Å²) in [5, 5.41) is 12.7. The van der Waals surface area contributed by atoms with E-state index in [-0.39, 0.29) is 12.1 Å². The van der Waals surface area contributed by atoms with Crippen LogP contribution in [-0.2, 0) is 9.53 Å². The predicted molar refractivity (Wildman–Crippen MR) is 57.5 cm³/mol. The van der Waals surface area contributed by atoms with Gasteiger partial charge >= 0.3 is 5.97 Å². The number of aliphatic hydroxyl groups is 1. The van der Waals surface area contributed by atoms with Crippen LogP contribution < -0.4 is 5.32 Å². The second-order valence-corrected chi connectivity index (χ2v) is 4.14. The summed E-state index contributed by atoms with van der Waals surface area (Å²) in [5.74, 6) is -0.143. The van der Waals surface area contributed by atoms with E-state index in [1.807, 2.05) is 0 Å². The van der Waals surface area contributed by atoms with Crippen LogP contribution in [0.3, 0.4) is 0 Å². The van der Waals surface area contributed by atoms with E-state index in [4.69, 9.17) is 0 Å². The van der Waals surface area contributed by atoms with Crippen LogP contribution in [0, 0.1) is 0 Å². The quantitative estimate of drug-likeness (QED) is 0.527. The molecule has 15 heavy (non-hydrogen) atoms. The molecule has 0 aromatic rings. The summed E-state index contributed by atoms with van der Waals surface area (Å²) < 4.78 is 4.56. The molecule has 2 N–H and O–H groups in total. The van der Waals surface area contributed by atoms with Crippen LogP contribution in [0.15, 0.2) is 0 Å². The Balaban J connectivity index is 1.98. The third kappa shape index (κ3) is 5.14. The molecule has 0 aromatic carbocycles. The molecule has 1 saturated carbocycles. The number of hydrogen-bond acceptors (Lipinski definition) is 4. The van der Waals surface area contributed by atoms with Gasteiger partial charge in [-0.1, -0.05) is 0 Å². The molecule has 0 radical (unpaired) electrons. The van der Waals surface area contributed by atoms with Crippen molar-refractivity contribution in [3.63, 3.8) is 0 Å². The van der Waals surface area contributed by atoms with Crippen molar-refractivity contribution in [3.8, 4) is 0 Å². The Morgan fingerprint density at radius 2 is 2.07 bits per heavy atom. The molecule has 0 aromatic heterocycles. The average molecular weight is 215 g/mol. The minimum Gasteiger partial charge on any atom is -0.469 e. The lowest BCUT2D eigenvalue weighted by Gasteiger charge is -2.26. The first-order valence-electron chi connectivity index (χ1n) is 5.70. The van der Waals surface area contributed by atoms with Crippen molar-refractivity contribution in [1.29, 1.82) is 0 Å². The Labute approximate surface area is 91.0 Å². The minimum absolute atomic E-state index is 0.0990. The molecule has 88 valence electrons. The molecule has 1 aliphatic carbocycles.